The van der Waals surface area contributed by atoms with Gasteiger partial charge in [0, 0.05) is 11.6 Å². The molecule has 0 radical (unpaired) electrons. The third-order valence-corrected chi connectivity index (χ3v) is 1.74. The topological polar surface area (TPSA) is 80.7 Å². The van der Waals surface area contributed by atoms with E-state index in [1.54, 1.807) is 0 Å². The summed E-state index contributed by atoms with van der Waals surface area (Å²) >= 11 is 0. The van der Waals surface area contributed by atoms with E-state index in [4.69, 9.17) is 14.6 Å². The van der Waals surface area contributed by atoms with Crippen LogP contribution in [0.2, 0.25) is 0 Å². The van der Waals surface area contributed by atoms with Gasteiger partial charge in [-0.3, -0.25) is 4.79 Å². The molecular formula is C14H20O5. The molecule has 106 valence electrons. The maximum Gasteiger partial charge on any atom is 0.333 e. The van der Waals surface area contributed by atoms with Gasteiger partial charge in [-0.15, -0.1) is 0 Å². The second-order valence-corrected chi connectivity index (χ2v) is 3.41. The van der Waals surface area contributed by atoms with Crippen LogP contribution in [-0.2, 0) is 19.1 Å². The number of aliphatic carboxylic acids is 1. The summed E-state index contributed by atoms with van der Waals surface area (Å²) in [6, 6.07) is 0. The Hall–Kier alpha value is -2.17. The number of unbranched alkanes of at least 4 members (excludes halogenated alkanes) is 1. The van der Waals surface area contributed by atoms with Crippen molar-refractivity contribution >= 4 is 18.2 Å². The number of hydrogen-bond acceptors (Lipinski definition) is 4. The van der Waals surface area contributed by atoms with Crippen molar-refractivity contribution < 1.29 is 24.2 Å². The van der Waals surface area contributed by atoms with Gasteiger partial charge >= 0.3 is 11.9 Å². The van der Waals surface area contributed by atoms with Crippen molar-refractivity contribution in [3.8, 4) is 0 Å². The largest absolute Gasteiger partial charge is 0.478 e. The number of hydrogen-bond donors (Lipinski definition) is 1. The third kappa shape index (κ3) is 15.8. The molecule has 19 heavy (non-hydrogen) atoms. The van der Waals surface area contributed by atoms with Gasteiger partial charge < -0.3 is 9.84 Å². The van der Waals surface area contributed by atoms with E-state index in [1.165, 1.54) is 12.2 Å². The Bertz CT molecular complexity index is 336. The van der Waals surface area contributed by atoms with Crippen molar-refractivity contribution in [1.29, 1.82) is 0 Å². The van der Waals surface area contributed by atoms with Gasteiger partial charge in [-0.2, -0.15) is 0 Å². The second kappa shape index (κ2) is 13.9. The van der Waals surface area contributed by atoms with E-state index in [1.807, 2.05) is 6.92 Å². The molecule has 0 unspecified atom stereocenters. The molecule has 0 bridgehead atoms. The Kier molecular flexibility index (Phi) is 14.0. The zero-order valence-corrected chi connectivity index (χ0v) is 11.1. The van der Waals surface area contributed by atoms with Crippen LogP contribution in [0.1, 0.15) is 26.2 Å². The van der Waals surface area contributed by atoms with E-state index in [0.29, 0.717) is 12.9 Å². The fourth-order valence-corrected chi connectivity index (χ4v) is 0.797. The smallest absolute Gasteiger partial charge is 0.333 e. The van der Waals surface area contributed by atoms with Gasteiger partial charge in [0.05, 0.1) is 6.61 Å². The molecule has 0 aromatic rings. The highest BCUT2D eigenvalue weighted by atomic mass is 16.5. The first-order valence-corrected chi connectivity index (χ1v) is 5.80. The summed E-state index contributed by atoms with van der Waals surface area (Å²) in [4.78, 5) is 30.4. The van der Waals surface area contributed by atoms with Gasteiger partial charge in [0.1, 0.15) is 6.29 Å². The molecule has 0 aromatic heterocycles. The van der Waals surface area contributed by atoms with Gasteiger partial charge in [0.25, 0.3) is 0 Å². The van der Waals surface area contributed by atoms with Crippen molar-refractivity contribution in [2.75, 3.05) is 6.61 Å². The summed E-state index contributed by atoms with van der Waals surface area (Å²) in [6.07, 6.45) is 6.16. The highest BCUT2D eigenvalue weighted by Gasteiger charge is 2.05. The molecular weight excluding hydrogens is 248 g/mol. The van der Waals surface area contributed by atoms with Crippen LogP contribution in [0.4, 0.5) is 0 Å². The molecule has 0 fully saturated rings. The number of carboxylic acids is 1. The standard InChI is InChI=1S/C11H16O4.C3H4O/c1-3-4-8-15-11(14)9(2)6-5-7-10(12)13;1-2-3-4/h5,7H,2-4,6,8H2,1H3,(H,12,13);2-3H,1H2. The van der Waals surface area contributed by atoms with Crippen molar-refractivity contribution in [1.82, 2.24) is 0 Å². The van der Waals surface area contributed by atoms with Gasteiger partial charge in [-0.1, -0.05) is 32.6 Å². The van der Waals surface area contributed by atoms with Crippen LogP contribution in [-0.4, -0.2) is 29.9 Å². The first-order valence-electron chi connectivity index (χ1n) is 5.80. The number of carboxylic acid groups (broad SMARTS) is 1. The van der Waals surface area contributed by atoms with E-state index >= 15 is 0 Å². The predicted molar refractivity (Wildman–Crippen MR) is 72.7 cm³/mol. The van der Waals surface area contributed by atoms with Crippen molar-refractivity contribution in [3.05, 3.63) is 37.0 Å². The summed E-state index contributed by atoms with van der Waals surface area (Å²) < 4.78 is 4.88. The van der Waals surface area contributed by atoms with E-state index in [-0.39, 0.29) is 12.0 Å². The molecule has 5 heteroatoms. The van der Waals surface area contributed by atoms with Gasteiger partial charge in [0.15, 0.2) is 0 Å². The lowest BCUT2D eigenvalue weighted by molar-refractivity contribution is -0.139. The van der Waals surface area contributed by atoms with Crippen LogP contribution in [0.15, 0.2) is 37.0 Å². The molecule has 0 saturated carbocycles. The maximum atomic E-state index is 11.2. The monoisotopic (exact) mass is 268 g/mol. The van der Waals surface area contributed by atoms with Gasteiger partial charge in [-0.05, 0) is 18.9 Å². The van der Waals surface area contributed by atoms with Gasteiger partial charge in [-0.25, -0.2) is 9.59 Å². The molecule has 0 atom stereocenters. The molecule has 0 aliphatic rings. The van der Waals surface area contributed by atoms with Crippen LogP contribution in [0.3, 0.4) is 0 Å². The predicted octanol–water partition coefficient (Wildman–Crippen LogP) is 2.29. The SMILES string of the molecule is C=C(CC=CC(=O)O)C(=O)OCCCC.C=CC=O. The zero-order chi connectivity index (χ0) is 15.1. The number of carbonyl (C=O) groups excluding carboxylic acids is 2. The van der Waals surface area contributed by atoms with Crippen molar-refractivity contribution in [2.45, 2.75) is 26.2 Å². The summed E-state index contributed by atoms with van der Waals surface area (Å²) in [6.45, 7) is 9.01. The Morgan fingerprint density at radius 2 is 1.95 bits per heavy atom. The second-order valence-electron chi connectivity index (χ2n) is 3.41. The number of esters is 1. The van der Waals surface area contributed by atoms with E-state index in [0.717, 1.165) is 18.9 Å². The number of carbonyl (C=O) groups is 3. The third-order valence-electron chi connectivity index (χ3n) is 1.74. The average molecular weight is 268 g/mol. The minimum absolute atomic E-state index is 0.206. The first kappa shape index (κ1) is 19.2. The Labute approximate surface area is 113 Å². The van der Waals surface area contributed by atoms with Crippen LogP contribution >= 0.6 is 0 Å². The summed E-state index contributed by atoms with van der Waals surface area (Å²) in [5.74, 6) is -1.50. The minimum atomic E-state index is -1.04. The summed E-state index contributed by atoms with van der Waals surface area (Å²) in [5, 5.41) is 8.31. The average Bonchev–Trinajstić information content (AvgIpc) is 2.38. The fourth-order valence-electron chi connectivity index (χ4n) is 0.797. The minimum Gasteiger partial charge on any atom is -0.478 e. The molecule has 0 spiro atoms. The molecule has 0 aliphatic heterocycles. The number of aldehydes is 1. The number of rotatable bonds is 8. The summed E-state index contributed by atoms with van der Waals surface area (Å²) in [5.41, 5.74) is 0.267. The summed E-state index contributed by atoms with van der Waals surface area (Å²) in [7, 11) is 0. The normalized spacial score (nSPS) is 9.11. The van der Waals surface area contributed by atoms with Crippen molar-refractivity contribution in [3.63, 3.8) is 0 Å². The lowest BCUT2D eigenvalue weighted by Crippen LogP contribution is -2.07. The lowest BCUT2D eigenvalue weighted by atomic mass is 10.2. The Morgan fingerprint density at radius 1 is 1.37 bits per heavy atom. The van der Waals surface area contributed by atoms with Crippen LogP contribution in [0.5, 0.6) is 0 Å². The molecule has 0 aromatic carbocycles. The van der Waals surface area contributed by atoms with Crippen molar-refractivity contribution in [2.24, 2.45) is 0 Å². The molecule has 0 saturated heterocycles. The highest BCUT2D eigenvalue weighted by Crippen LogP contribution is 2.03. The zero-order valence-electron chi connectivity index (χ0n) is 11.1. The van der Waals surface area contributed by atoms with Crippen LogP contribution in [0, 0.1) is 0 Å². The molecule has 5 nitrogen and oxygen atoms in total. The lowest BCUT2D eigenvalue weighted by Gasteiger charge is -2.03. The van der Waals surface area contributed by atoms with E-state index < -0.39 is 11.9 Å². The molecule has 0 rings (SSSR count). The van der Waals surface area contributed by atoms with Crippen LogP contribution < -0.4 is 0 Å². The van der Waals surface area contributed by atoms with Crippen LogP contribution in [0.25, 0.3) is 0 Å². The fraction of sp³-hybridized carbons (Fsp3) is 0.357. The molecule has 0 aliphatic carbocycles. The number of allylic oxidation sites excluding steroid dienone is 2. The molecule has 0 heterocycles. The maximum absolute atomic E-state index is 11.2. The number of ether oxygens (including phenoxy) is 1. The Morgan fingerprint density at radius 3 is 2.37 bits per heavy atom. The van der Waals surface area contributed by atoms with E-state index in [9.17, 15) is 9.59 Å². The van der Waals surface area contributed by atoms with Gasteiger partial charge in [0.2, 0.25) is 0 Å². The molecule has 0 amide bonds. The van der Waals surface area contributed by atoms with E-state index in [2.05, 4.69) is 13.2 Å². The highest BCUT2D eigenvalue weighted by molar-refractivity contribution is 5.88. The Balaban J connectivity index is 0. The molecule has 1 N–H and O–H groups in total. The first-order chi connectivity index (χ1) is 8.99. The quantitative estimate of drug-likeness (QED) is 0.316.